The van der Waals surface area contributed by atoms with Crippen molar-refractivity contribution in [2.24, 2.45) is 11.3 Å². The highest BCUT2D eigenvalue weighted by molar-refractivity contribution is 9.09. The van der Waals surface area contributed by atoms with Gasteiger partial charge in [-0.2, -0.15) is 0 Å². The van der Waals surface area contributed by atoms with Gasteiger partial charge in [-0.3, -0.25) is 0 Å². The van der Waals surface area contributed by atoms with Crippen LogP contribution in [0.1, 0.15) is 32.1 Å². The van der Waals surface area contributed by atoms with Crippen LogP contribution in [-0.4, -0.2) is 43.6 Å². The summed E-state index contributed by atoms with van der Waals surface area (Å²) in [6.07, 6.45) is 6.84. The van der Waals surface area contributed by atoms with Gasteiger partial charge >= 0.3 is 0 Å². The Morgan fingerprint density at radius 3 is 2.69 bits per heavy atom. The van der Waals surface area contributed by atoms with E-state index in [1.807, 2.05) is 0 Å². The van der Waals surface area contributed by atoms with Gasteiger partial charge in [0.15, 0.2) is 0 Å². The molecule has 2 nitrogen and oxygen atoms in total. The largest absolute Gasteiger partial charge is 0.381 e. The van der Waals surface area contributed by atoms with E-state index < -0.39 is 0 Å². The molecule has 1 aliphatic heterocycles. The summed E-state index contributed by atoms with van der Waals surface area (Å²) in [6.45, 7) is 4.43. The maximum atomic E-state index is 5.54. The van der Waals surface area contributed by atoms with E-state index in [-0.39, 0.29) is 0 Å². The Hall–Kier alpha value is 0.400. The van der Waals surface area contributed by atoms with Crippen LogP contribution in [0.5, 0.6) is 0 Å². The van der Waals surface area contributed by atoms with E-state index >= 15 is 0 Å². The molecule has 0 radical (unpaired) electrons. The smallest absolute Gasteiger partial charge is 0.0506 e. The first-order valence-corrected chi connectivity index (χ1v) is 7.68. The molecular formula is C13H24BrNO. The molecule has 0 spiro atoms. The minimum Gasteiger partial charge on any atom is -0.381 e. The molecule has 1 aliphatic carbocycles. The van der Waals surface area contributed by atoms with Crippen molar-refractivity contribution >= 4 is 15.9 Å². The van der Waals surface area contributed by atoms with Gasteiger partial charge in [-0.1, -0.05) is 22.4 Å². The molecule has 94 valence electrons. The van der Waals surface area contributed by atoms with Crippen LogP contribution in [-0.2, 0) is 4.74 Å². The third kappa shape index (κ3) is 3.21. The fourth-order valence-electron chi connectivity index (χ4n) is 3.04. The van der Waals surface area contributed by atoms with Crippen molar-refractivity contribution in [3.05, 3.63) is 0 Å². The van der Waals surface area contributed by atoms with E-state index in [0.717, 1.165) is 19.1 Å². The number of rotatable bonds is 5. The van der Waals surface area contributed by atoms with Crippen molar-refractivity contribution in [3.63, 3.8) is 0 Å². The molecule has 3 heteroatoms. The van der Waals surface area contributed by atoms with Crippen molar-refractivity contribution < 1.29 is 4.74 Å². The first-order chi connectivity index (χ1) is 7.74. The second-order valence-electron chi connectivity index (χ2n) is 5.77. The van der Waals surface area contributed by atoms with Gasteiger partial charge in [0.1, 0.15) is 0 Å². The van der Waals surface area contributed by atoms with Crippen molar-refractivity contribution in [2.45, 2.75) is 32.1 Å². The van der Waals surface area contributed by atoms with Crippen LogP contribution in [0.15, 0.2) is 0 Å². The summed E-state index contributed by atoms with van der Waals surface area (Å²) in [5.74, 6) is 0.770. The van der Waals surface area contributed by atoms with Crippen molar-refractivity contribution in [2.75, 3.05) is 38.7 Å². The number of halogens is 1. The van der Waals surface area contributed by atoms with Gasteiger partial charge in [0.05, 0.1) is 6.61 Å². The molecule has 1 saturated heterocycles. The predicted octanol–water partition coefficient (Wildman–Crippen LogP) is 2.91. The van der Waals surface area contributed by atoms with E-state index in [0.29, 0.717) is 5.41 Å². The molecule has 1 atom stereocenters. The monoisotopic (exact) mass is 289 g/mol. The summed E-state index contributed by atoms with van der Waals surface area (Å²) in [5, 5.41) is 1.17. The van der Waals surface area contributed by atoms with Crippen LogP contribution >= 0.6 is 15.9 Å². The number of nitrogens with zero attached hydrogens (tertiary/aromatic N) is 1. The molecule has 2 aliphatic rings. The highest BCUT2D eigenvalue weighted by atomic mass is 79.9. The topological polar surface area (TPSA) is 12.5 Å². The Morgan fingerprint density at radius 1 is 1.38 bits per heavy atom. The van der Waals surface area contributed by atoms with E-state index in [4.69, 9.17) is 4.74 Å². The number of hydrogen-bond donors (Lipinski definition) is 0. The summed E-state index contributed by atoms with van der Waals surface area (Å²) < 4.78 is 5.54. The van der Waals surface area contributed by atoms with Gasteiger partial charge in [0, 0.05) is 25.0 Å². The standard InChI is InChI=1S/C13H24BrNO/c1-15(8-12-4-2-7-16-9-12)11-13(10-14)5-3-6-13/h12H,2-11H2,1H3. The second kappa shape index (κ2) is 5.83. The minimum absolute atomic E-state index is 0.588. The summed E-state index contributed by atoms with van der Waals surface area (Å²) in [4.78, 5) is 2.53. The Kier molecular flexibility index (Phi) is 4.68. The molecule has 1 saturated carbocycles. The molecule has 0 aromatic rings. The second-order valence-corrected chi connectivity index (χ2v) is 6.33. The minimum atomic E-state index is 0.588. The molecular weight excluding hydrogens is 266 g/mol. The first kappa shape index (κ1) is 12.8. The van der Waals surface area contributed by atoms with Crippen LogP contribution in [0.4, 0.5) is 0 Å². The van der Waals surface area contributed by atoms with E-state index in [9.17, 15) is 0 Å². The lowest BCUT2D eigenvalue weighted by Gasteiger charge is -2.44. The number of alkyl halides is 1. The summed E-state index contributed by atoms with van der Waals surface area (Å²) in [5.41, 5.74) is 0.588. The zero-order valence-corrected chi connectivity index (χ0v) is 12.0. The van der Waals surface area contributed by atoms with Gasteiger partial charge in [0.25, 0.3) is 0 Å². The van der Waals surface area contributed by atoms with Crippen LogP contribution in [0.25, 0.3) is 0 Å². The van der Waals surface area contributed by atoms with Gasteiger partial charge in [0.2, 0.25) is 0 Å². The maximum Gasteiger partial charge on any atom is 0.0506 e. The zero-order valence-electron chi connectivity index (χ0n) is 10.4. The number of ether oxygens (including phenoxy) is 1. The molecule has 0 N–H and O–H groups in total. The van der Waals surface area contributed by atoms with E-state index in [2.05, 4.69) is 27.9 Å². The Morgan fingerprint density at radius 2 is 2.19 bits per heavy atom. The zero-order chi connectivity index (χ0) is 11.4. The maximum absolute atomic E-state index is 5.54. The van der Waals surface area contributed by atoms with Crippen LogP contribution in [0, 0.1) is 11.3 Å². The fraction of sp³-hybridized carbons (Fsp3) is 1.00. The molecule has 0 aromatic heterocycles. The van der Waals surface area contributed by atoms with E-state index in [1.165, 1.54) is 50.5 Å². The van der Waals surface area contributed by atoms with Crippen LogP contribution in [0.2, 0.25) is 0 Å². The summed E-state index contributed by atoms with van der Waals surface area (Å²) in [7, 11) is 2.28. The Bertz CT molecular complexity index is 206. The molecule has 1 unspecified atom stereocenters. The van der Waals surface area contributed by atoms with Crippen molar-refractivity contribution in [1.82, 2.24) is 4.90 Å². The molecule has 2 fully saturated rings. The third-order valence-corrected chi connectivity index (χ3v) is 5.32. The van der Waals surface area contributed by atoms with Gasteiger partial charge in [-0.25, -0.2) is 0 Å². The molecule has 0 aromatic carbocycles. The lowest BCUT2D eigenvalue weighted by atomic mass is 9.70. The average molecular weight is 290 g/mol. The lowest BCUT2D eigenvalue weighted by molar-refractivity contribution is 0.0292. The summed E-state index contributed by atoms with van der Waals surface area (Å²) in [6, 6.07) is 0. The SMILES string of the molecule is CN(CC1CCCOC1)CC1(CBr)CCC1. The van der Waals surface area contributed by atoms with Gasteiger partial charge in [-0.05, 0) is 44.1 Å². The summed E-state index contributed by atoms with van der Waals surface area (Å²) >= 11 is 3.69. The molecule has 2 rings (SSSR count). The fourth-order valence-corrected chi connectivity index (χ4v) is 3.78. The van der Waals surface area contributed by atoms with Gasteiger partial charge in [-0.15, -0.1) is 0 Å². The molecule has 0 bridgehead atoms. The molecule has 1 heterocycles. The van der Waals surface area contributed by atoms with E-state index in [1.54, 1.807) is 0 Å². The molecule has 0 amide bonds. The highest BCUT2D eigenvalue weighted by Gasteiger charge is 2.36. The highest BCUT2D eigenvalue weighted by Crippen LogP contribution is 2.42. The van der Waals surface area contributed by atoms with Crippen LogP contribution in [0.3, 0.4) is 0 Å². The average Bonchev–Trinajstić information content (AvgIpc) is 2.25. The van der Waals surface area contributed by atoms with Crippen molar-refractivity contribution in [3.8, 4) is 0 Å². The quantitative estimate of drug-likeness (QED) is 0.722. The molecule has 16 heavy (non-hydrogen) atoms. The third-order valence-electron chi connectivity index (χ3n) is 4.13. The Labute approximate surface area is 108 Å². The Balaban J connectivity index is 1.72. The van der Waals surface area contributed by atoms with Crippen molar-refractivity contribution in [1.29, 1.82) is 0 Å². The lowest BCUT2D eigenvalue weighted by Crippen LogP contribution is -2.44. The normalized spacial score (nSPS) is 29.1. The number of hydrogen-bond acceptors (Lipinski definition) is 2. The first-order valence-electron chi connectivity index (χ1n) is 6.56. The van der Waals surface area contributed by atoms with Gasteiger partial charge < -0.3 is 9.64 Å². The van der Waals surface area contributed by atoms with Crippen LogP contribution < -0.4 is 0 Å². The predicted molar refractivity (Wildman–Crippen MR) is 71.1 cm³/mol.